The van der Waals surface area contributed by atoms with E-state index in [2.05, 4.69) is 6.92 Å². The Bertz CT molecular complexity index is 169. The van der Waals surface area contributed by atoms with Crippen LogP contribution in [0.3, 0.4) is 0 Å². The van der Waals surface area contributed by atoms with Gasteiger partial charge in [-0.05, 0) is 12.8 Å². The summed E-state index contributed by atoms with van der Waals surface area (Å²) in [4.78, 5) is 10.5. The van der Waals surface area contributed by atoms with Crippen molar-refractivity contribution >= 4 is 5.97 Å². The number of cyclic esters (lactones) is 1. The second-order valence-corrected chi connectivity index (χ2v) is 4.58. The molecule has 1 unspecified atom stereocenters. The summed E-state index contributed by atoms with van der Waals surface area (Å²) in [5, 5.41) is 0. The standard InChI is InChI=1S/C13H24O2/c1-2-3-4-5-6-7-8-9-10-12-11-13(14)15-12/h12H,2-11H2,1H3. The van der Waals surface area contributed by atoms with Crippen LogP contribution >= 0.6 is 0 Å². The van der Waals surface area contributed by atoms with Gasteiger partial charge in [0.1, 0.15) is 6.10 Å². The van der Waals surface area contributed by atoms with Crippen LogP contribution in [0.5, 0.6) is 0 Å². The molecule has 0 bridgehead atoms. The molecule has 0 radical (unpaired) electrons. The van der Waals surface area contributed by atoms with Crippen molar-refractivity contribution in [2.24, 2.45) is 0 Å². The lowest BCUT2D eigenvalue weighted by atomic mass is 10.0. The first-order chi connectivity index (χ1) is 7.33. The maximum absolute atomic E-state index is 10.5. The molecule has 0 aromatic rings. The van der Waals surface area contributed by atoms with Gasteiger partial charge in [-0.1, -0.05) is 51.9 Å². The smallest absolute Gasteiger partial charge is 0.309 e. The number of esters is 1. The Kier molecular flexibility index (Phi) is 6.45. The predicted octanol–water partition coefficient (Wildman–Crippen LogP) is 3.83. The summed E-state index contributed by atoms with van der Waals surface area (Å²) in [6.45, 7) is 2.25. The molecule has 2 heteroatoms. The molecule has 1 aliphatic heterocycles. The van der Waals surface area contributed by atoms with Crippen LogP contribution in [0.25, 0.3) is 0 Å². The summed E-state index contributed by atoms with van der Waals surface area (Å²) < 4.78 is 4.96. The summed E-state index contributed by atoms with van der Waals surface area (Å²) in [6.07, 6.45) is 12.8. The molecule has 0 saturated carbocycles. The average molecular weight is 212 g/mol. The van der Waals surface area contributed by atoms with Crippen LogP contribution in [0.1, 0.15) is 71.1 Å². The van der Waals surface area contributed by atoms with Gasteiger partial charge in [0.05, 0.1) is 6.42 Å². The maximum Gasteiger partial charge on any atom is 0.309 e. The highest BCUT2D eigenvalue weighted by Crippen LogP contribution is 2.20. The first kappa shape index (κ1) is 12.5. The lowest BCUT2D eigenvalue weighted by Crippen LogP contribution is -2.32. The van der Waals surface area contributed by atoms with Crippen LogP contribution in [0.4, 0.5) is 0 Å². The van der Waals surface area contributed by atoms with Crippen LogP contribution in [-0.2, 0) is 9.53 Å². The average Bonchev–Trinajstić information content (AvgIpc) is 2.19. The third-order valence-corrected chi connectivity index (χ3v) is 3.07. The topological polar surface area (TPSA) is 26.3 Å². The number of hydrogen-bond donors (Lipinski definition) is 0. The molecule has 88 valence electrons. The fourth-order valence-corrected chi connectivity index (χ4v) is 2.03. The molecule has 1 rings (SSSR count). The summed E-state index contributed by atoms with van der Waals surface area (Å²) in [5.74, 6) is -0.0143. The van der Waals surface area contributed by atoms with Crippen molar-refractivity contribution in [3.05, 3.63) is 0 Å². The zero-order chi connectivity index (χ0) is 10.9. The number of hydrogen-bond acceptors (Lipinski definition) is 2. The minimum Gasteiger partial charge on any atom is -0.462 e. The minimum absolute atomic E-state index is 0.0143. The second kappa shape index (κ2) is 7.72. The van der Waals surface area contributed by atoms with Crippen LogP contribution in [0, 0.1) is 0 Å². The van der Waals surface area contributed by atoms with Crippen molar-refractivity contribution in [1.82, 2.24) is 0 Å². The van der Waals surface area contributed by atoms with E-state index in [-0.39, 0.29) is 12.1 Å². The van der Waals surface area contributed by atoms with Gasteiger partial charge in [0.2, 0.25) is 0 Å². The zero-order valence-electron chi connectivity index (χ0n) is 9.96. The van der Waals surface area contributed by atoms with E-state index in [0.717, 1.165) is 6.42 Å². The van der Waals surface area contributed by atoms with E-state index in [1.807, 2.05) is 0 Å². The van der Waals surface area contributed by atoms with Crippen LogP contribution in [0.15, 0.2) is 0 Å². The van der Waals surface area contributed by atoms with Crippen LogP contribution in [0.2, 0.25) is 0 Å². The summed E-state index contributed by atoms with van der Waals surface area (Å²) in [7, 11) is 0. The van der Waals surface area contributed by atoms with E-state index in [9.17, 15) is 4.79 Å². The number of unbranched alkanes of at least 4 members (excludes halogenated alkanes) is 7. The fraction of sp³-hybridized carbons (Fsp3) is 0.923. The molecule has 1 saturated heterocycles. The van der Waals surface area contributed by atoms with Crippen molar-refractivity contribution in [3.63, 3.8) is 0 Å². The highest BCUT2D eigenvalue weighted by atomic mass is 16.6. The molecule has 1 atom stereocenters. The highest BCUT2D eigenvalue weighted by molar-refractivity contribution is 5.75. The first-order valence-electron chi connectivity index (χ1n) is 6.52. The Morgan fingerprint density at radius 3 is 2.13 bits per heavy atom. The number of carbonyl (C=O) groups excluding carboxylic acids is 1. The molecule has 0 aromatic carbocycles. The molecule has 2 nitrogen and oxygen atoms in total. The Hall–Kier alpha value is -0.530. The van der Waals surface area contributed by atoms with E-state index < -0.39 is 0 Å². The third-order valence-electron chi connectivity index (χ3n) is 3.07. The quantitative estimate of drug-likeness (QED) is 0.429. The molecule has 0 spiro atoms. The molecule has 0 aromatic heterocycles. The van der Waals surface area contributed by atoms with Crippen LogP contribution < -0.4 is 0 Å². The van der Waals surface area contributed by atoms with Gasteiger partial charge in [0, 0.05) is 0 Å². The van der Waals surface area contributed by atoms with Gasteiger partial charge in [0.15, 0.2) is 0 Å². The zero-order valence-corrected chi connectivity index (χ0v) is 9.96. The van der Waals surface area contributed by atoms with Gasteiger partial charge >= 0.3 is 5.97 Å². The van der Waals surface area contributed by atoms with Gasteiger partial charge in [-0.15, -0.1) is 0 Å². The number of rotatable bonds is 9. The molecule has 0 aliphatic carbocycles. The molecule has 1 aliphatic rings. The monoisotopic (exact) mass is 212 g/mol. The third kappa shape index (κ3) is 5.81. The highest BCUT2D eigenvalue weighted by Gasteiger charge is 2.27. The fourth-order valence-electron chi connectivity index (χ4n) is 2.03. The van der Waals surface area contributed by atoms with Crippen molar-refractivity contribution < 1.29 is 9.53 Å². The van der Waals surface area contributed by atoms with Gasteiger partial charge in [0.25, 0.3) is 0 Å². The largest absolute Gasteiger partial charge is 0.462 e. The van der Waals surface area contributed by atoms with Crippen molar-refractivity contribution in [2.75, 3.05) is 0 Å². The molecular weight excluding hydrogens is 188 g/mol. The molecule has 1 fully saturated rings. The Morgan fingerprint density at radius 1 is 1.07 bits per heavy atom. The van der Waals surface area contributed by atoms with E-state index >= 15 is 0 Å². The van der Waals surface area contributed by atoms with Gasteiger partial charge in [-0.3, -0.25) is 4.79 Å². The van der Waals surface area contributed by atoms with Crippen molar-refractivity contribution in [1.29, 1.82) is 0 Å². The van der Waals surface area contributed by atoms with Gasteiger partial charge < -0.3 is 4.74 Å². The van der Waals surface area contributed by atoms with Crippen molar-refractivity contribution in [3.8, 4) is 0 Å². The van der Waals surface area contributed by atoms with E-state index in [1.54, 1.807) is 0 Å². The van der Waals surface area contributed by atoms with Crippen molar-refractivity contribution in [2.45, 2.75) is 77.2 Å². The summed E-state index contributed by atoms with van der Waals surface area (Å²) >= 11 is 0. The molecular formula is C13H24O2. The second-order valence-electron chi connectivity index (χ2n) is 4.58. The predicted molar refractivity (Wildman–Crippen MR) is 61.7 cm³/mol. The van der Waals surface area contributed by atoms with E-state index in [1.165, 1.54) is 51.4 Å². The first-order valence-corrected chi connectivity index (χ1v) is 6.52. The SMILES string of the molecule is CCCCCCCCCCC1CC(=O)O1. The van der Waals surface area contributed by atoms with Crippen LogP contribution in [-0.4, -0.2) is 12.1 Å². The molecule has 0 N–H and O–H groups in total. The molecule has 15 heavy (non-hydrogen) atoms. The van der Waals surface area contributed by atoms with Gasteiger partial charge in [-0.25, -0.2) is 0 Å². The number of carbonyl (C=O) groups is 1. The van der Waals surface area contributed by atoms with E-state index in [4.69, 9.17) is 4.74 Å². The van der Waals surface area contributed by atoms with Gasteiger partial charge in [-0.2, -0.15) is 0 Å². The Labute approximate surface area is 93.4 Å². The Balaban J connectivity index is 1.72. The molecule has 1 heterocycles. The normalized spacial score (nSPS) is 19.8. The minimum atomic E-state index is -0.0143. The summed E-state index contributed by atoms with van der Waals surface area (Å²) in [6, 6.07) is 0. The Morgan fingerprint density at radius 2 is 1.60 bits per heavy atom. The molecule has 0 amide bonds. The number of ether oxygens (including phenoxy) is 1. The lowest BCUT2D eigenvalue weighted by Gasteiger charge is -2.25. The summed E-state index contributed by atoms with van der Waals surface area (Å²) in [5.41, 5.74) is 0. The van der Waals surface area contributed by atoms with E-state index in [0.29, 0.717) is 6.42 Å². The lowest BCUT2D eigenvalue weighted by molar-refractivity contribution is -0.169. The maximum atomic E-state index is 10.5.